The molecule has 1 aliphatic carbocycles. The van der Waals surface area contributed by atoms with Crippen molar-refractivity contribution in [2.24, 2.45) is 5.92 Å². The number of carbonyl (C=O) groups is 3. The minimum absolute atomic E-state index is 0.0151. The highest BCUT2D eigenvalue weighted by atomic mass is 32.1. The molecule has 3 aromatic rings. The van der Waals surface area contributed by atoms with E-state index in [1.54, 1.807) is 29.4 Å². The standard InChI is InChI=1S/C33H37F3N6O5S2/c1-18-13-22(19(2)49-18)23-15-26(39-27(37-23)29-38-25(17-48-29)33(34,35)36)47-21-10-12-42-24(14-21)28(43)40-32(30(44)46-4)16-20(32)9-7-5-6-8-11-41(3)31(42)45/h7,9,13,15,17,20-21,24H,5-6,8,10-12,14,16H2,1-4H3,(H,40,43)/b9-7+/t20-,21+,24+,32-/m1/s1. The molecule has 1 saturated heterocycles. The second-order valence-electron chi connectivity index (χ2n) is 12.6. The van der Waals surface area contributed by atoms with Crippen molar-refractivity contribution in [3.63, 3.8) is 0 Å². The molecule has 5 heterocycles. The van der Waals surface area contributed by atoms with Crippen LogP contribution in [0.4, 0.5) is 18.0 Å². The van der Waals surface area contributed by atoms with Gasteiger partial charge in [-0.05, 0) is 45.6 Å². The molecule has 0 unspecified atom stereocenters. The van der Waals surface area contributed by atoms with Crippen LogP contribution in [-0.4, -0.2) is 87.6 Å². The normalized spacial score (nSPS) is 25.5. The maximum atomic E-state index is 14.0. The van der Waals surface area contributed by atoms with E-state index in [4.69, 9.17) is 9.47 Å². The zero-order valence-corrected chi connectivity index (χ0v) is 29.1. The zero-order valence-electron chi connectivity index (χ0n) is 27.5. The van der Waals surface area contributed by atoms with E-state index in [2.05, 4.69) is 20.3 Å². The predicted molar refractivity (Wildman–Crippen MR) is 177 cm³/mol. The molecule has 1 saturated carbocycles. The number of urea groups is 1. The number of thiazole rings is 1. The molecule has 6 rings (SSSR count). The third-order valence-corrected chi connectivity index (χ3v) is 10.9. The Hall–Kier alpha value is -4.05. The highest BCUT2D eigenvalue weighted by Gasteiger charge is 2.62. The second-order valence-corrected chi connectivity index (χ2v) is 15.0. The molecule has 2 fully saturated rings. The number of aromatic nitrogens is 3. The highest BCUT2D eigenvalue weighted by Crippen LogP contribution is 2.46. The Labute approximate surface area is 289 Å². The fourth-order valence-corrected chi connectivity index (χ4v) is 8.11. The average molecular weight is 719 g/mol. The number of aryl methyl sites for hydroxylation is 2. The number of ether oxygens (including phenoxy) is 2. The van der Waals surface area contributed by atoms with Gasteiger partial charge in [-0.15, -0.1) is 22.7 Å². The van der Waals surface area contributed by atoms with Crippen molar-refractivity contribution in [2.75, 3.05) is 27.2 Å². The van der Waals surface area contributed by atoms with Gasteiger partial charge < -0.3 is 24.6 Å². The van der Waals surface area contributed by atoms with E-state index in [1.807, 2.05) is 32.1 Å². The van der Waals surface area contributed by atoms with Crippen molar-refractivity contribution in [1.29, 1.82) is 0 Å². The molecule has 262 valence electrons. The van der Waals surface area contributed by atoms with Gasteiger partial charge in [-0.2, -0.15) is 18.2 Å². The number of alkyl halides is 3. The number of piperidine rings is 1. The molecule has 49 heavy (non-hydrogen) atoms. The molecule has 3 amide bonds. The minimum atomic E-state index is -4.62. The molecule has 3 aromatic heterocycles. The van der Waals surface area contributed by atoms with Crippen LogP contribution in [0.5, 0.6) is 5.88 Å². The summed E-state index contributed by atoms with van der Waals surface area (Å²) in [5.41, 5.74) is -0.995. The molecule has 3 aliphatic rings. The molecule has 11 nitrogen and oxygen atoms in total. The number of nitrogens with one attached hydrogen (secondary N) is 1. The maximum Gasteiger partial charge on any atom is 0.434 e. The Bertz CT molecular complexity index is 1780. The molecule has 16 heteroatoms. The van der Waals surface area contributed by atoms with Gasteiger partial charge in [0.05, 0.1) is 12.8 Å². The fraction of sp³-hybridized carbons (Fsp3) is 0.515. The first-order valence-electron chi connectivity index (χ1n) is 16.0. The van der Waals surface area contributed by atoms with Gasteiger partial charge in [0.2, 0.25) is 11.8 Å². The number of amides is 3. The van der Waals surface area contributed by atoms with E-state index in [9.17, 15) is 27.6 Å². The van der Waals surface area contributed by atoms with Crippen molar-refractivity contribution < 1.29 is 37.0 Å². The zero-order chi connectivity index (χ0) is 35.1. The van der Waals surface area contributed by atoms with Crippen LogP contribution in [0.15, 0.2) is 29.7 Å². The van der Waals surface area contributed by atoms with Gasteiger partial charge in [0.1, 0.15) is 17.7 Å². The van der Waals surface area contributed by atoms with E-state index < -0.39 is 41.4 Å². The number of halogens is 3. The van der Waals surface area contributed by atoms with Gasteiger partial charge in [0.15, 0.2) is 16.5 Å². The quantitative estimate of drug-likeness (QED) is 0.251. The summed E-state index contributed by atoms with van der Waals surface area (Å²) in [4.78, 5) is 58.5. The summed E-state index contributed by atoms with van der Waals surface area (Å²) in [5.74, 6) is -1.18. The van der Waals surface area contributed by atoms with E-state index in [0.717, 1.165) is 51.3 Å². The topological polar surface area (TPSA) is 127 Å². The van der Waals surface area contributed by atoms with Crippen molar-refractivity contribution in [1.82, 2.24) is 30.1 Å². The van der Waals surface area contributed by atoms with Gasteiger partial charge >= 0.3 is 18.2 Å². The fourth-order valence-electron chi connectivity index (χ4n) is 6.42. The van der Waals surface area contributed by atoms with Crippen molar-refractivity contribution >= 4 is 40.6 Å². The molecular weight excluding hydrogens is 682 g/mol. The molecule has 0 radical (unpaired) electrons. The lowest BCUT2D eigenvalue weighted by atomic mass is 9.98. The predicted octanol–water partition coefficient (Wildman–Crippen LogP) is 6.02. The van der Waals surface area contributed by atoms with Crippen LogP contribution in [-0.2, 0) is 20.5 Å². The van der Waals surface area contributed by atoms with Crippen LogP contribution in [0.1, 0.15) is 54.0 Å². The number of methoxy groups -OCH3 is 1. The van der Waals surface area contributed by atoms with Gasteiger partial charge in [0.25, 0.3) is 0 Å². The van der Waals surface area contributed by atoms with Crippen LogP contribution in [0.2, 0.25) is 0 Å². The molecular formula is C33H37F3N6O5S2. The van der Waals surface area contributed by atoms with E-state index >= 15 is 0 Å². The lowest BCUT2D eigenvalue weighted by Crippen LogP contribution is -2.60. The number of hydrogen-bond donors (Lipinski definition) is 1. The smallest absolute Gasteiger partial charge is 0.434 e. The minimum Gasteiger partial charge on any atom is -0.474 e. The van der Waals surface area contributed by atoms with Gasteiger partial charge in [-0.3, -0.25) is 4.79 Å². The largest absolute Gasteiger partial charge is 0.474 e. The van der Waals surface area contributed by atoms with Gasteiger partial charge in [0, 0.05) is 65.7 Å². The molecule has 0 aromatic carbocycles. The number of nitrogens with zero attached hydrogens (tertiary/aromatic N) is 5. The summed E-state index contributed by atoms with van der Waals surface area (Å²) in [7, 11) is 2.98. The summed E-state index contributed by atoms with van der Waals surface area (Å²) >= 11 is 2.34. The van der Waals surface area contributed by atoms with E-state index in [1.165, 1.54) is 12.0 Å². The first-order valence-corrected chi connectivity index (χ1v) is 17.7. The Morgan fingerprint density at radius 3 is 2.61 bits per heavy atom. The Morgan fingerprint density at radius 1 is 1.12 bits per heavy atom. The number of esters is 1. The van der Waals surface area contributed by atoms with Crippen molar-refractivity contribution in [3.8, 4) is 28.0 Å². The second kappa shape index (κ2) is 13.7. The lowest BCUT2D eigenvalue weighted by Gasteiger charge is -2.40. The summed E-state index contributed by atoms with van der Waals surface area (Å²) < 4.78 is 51.7. The van der Waals surface area contributed by atoms with Crippen LogP contribution in [0.3, 0.4) is 0 Å². The number of carbonyl (C=O) groups excluding carboxylic acids is 3. The summed E-state index contributed by atoms with van der Waals surface area (Å²) in [6.07, 6.45) is 2.00. The van der Waals surface area contributed by atoms with Gasteiger partial charge in [-0.1, -0.05) is 12.2 Å². The number of fused-ring (bicyclic) bond motifs is 2. The van der Waals surface area contributed by atoms with Crippen molar-refractivity contribution in [2.45, 2.75) is 76.2 Å². The van der Waals surface area contributed by atoms with E-state index in [-0.39, 0.29) is 41.6 Å². The number of allylic oxidation sites excluding steroid dienone is 1. The number of hydrogen-bond acceptors (Lipinski definition) is 10. The third kappa shape index (κ3) is 7.30. The lowest BCUT2D eigenvalue weighted by molar-refractivity contribution is -0.147. The Kier molecular flexibility index (Phi) is 9.72. The molecule has 4 atom stereocenters. The Morgan fingerprint density at radius 2 is 1.92 bits per heavy atom. The monoisotopic (exact) mass is 718 g/mol. The van der Waals surface area contributed by atoms with Crippen LogP contribution in [0, 0.1) is 19.8 Å². The Balaban J connectivity index is 1.31. The maximum absolute atomic E-state index is 14.0. The average Bonchev–Trinajstić information content (AvgIpc) is 3.34. The van der Waals surface area contributed by atoms with Crippen LogP contribution < -0.4 is 10.1 Å². The van der Waals surface area contributed by atoms with Gasteiger partial charge in [-0.25, -0.2) is 19.6 Å². The van der Waals surface area contributed by atoms with E-state index in [0.29, 0.717) is 25.1 Å². The SMILES string of the molecule is COC(=O)[C@@]12C[C@H]1/C=C/CCCCN(C)C(=O)N1CC[C@H](Oc3cc(-c4cc(C)sc4C)nc(-c4nc(C(F)(F)F)cs4)n3)C[C@H]1C(=O)N2. The number of thiophene rings is 1. The molecule has 2 aliphatic heterocycles. The first-order chi connectivity index (χ1) is 23.3. The van der Waals surface area contributed by atoms with Crippen molar-refractivity contribution in [3.05, 3.63) is 45.1 Å². The molecule has 0 bridgehead atoms. The summed E-state index contributed by atoms with van der Waals surface area (Å²) in [5, 5.41) is 3.82. The number of rotatable bonds is 5. The molecule has 1 N–H and O–H groups in total. The summed E-state index contributed by atoms with van der Waals surface area (Å²) in [6, 6.07) is 2.29. The third-order valence-electron chi connectivity index (χ3n) is 9.12. The van der Waals surface area contributed by atoms with Crippen LogP contribution >= 0.6 is 22.7 Å². The summed E-state index contributed by atoms with van der Waals surface area (Å²) in [6.45, 7) is 4.59. The van der Waals surface area contributed by atoms with Crippen LogP contribution in [0.25, 0.3) is 22.1 Å². The molecule has 0 spiro atoms. The highest BCUT2D eigenvalue weighted by molar-refractivity contribution is 7.13. The first kappa shape index (κ1) is 34.8.